The van der Waals surface area contributed by atoms with Crippen LogP contribution in [-0.2, 0) is 37.9 Å². The van der Waals surface area contributed by atoms with Gasteiger partial charge in [-0.15, -0.1) is 0 Å². The van der Waals surface area contributed by atoms with Crippen LogP contribution in [0.4, 0.5) is 0 Å². The van der Waals surface area contributed by atoms with Gasteiger partial charge >= 0.3 is 0 Å². The van der Waals surface area contributed by atoms with E-state index in [0.717, 1.165) is 12.8 Å². The summed E-state index contributed by atoms with van der Waals surface area (Å²) in [5, 5.41) is 0. The van der Waals surface area contributed by atoms with Gasteiger partial charge in [-0.05, 0) is 12.8 Å². The zero-order chi connectivity index (χ0) is 22.1. The van der Waals surface area contributed by atoms with Crippen molar-refractivity contribution in [1.82, 2.24) is 0 Å². The van der Waals surface area contributed by atoms with Crippen molar-refractivity contribution in [1.29, 1.82) is 0 Å². The van der Waals surface area contributed by atoms with Gasteiger partial charge in [0, 0.05) is 20.1 Å². The Kier molecular flexibility index (Phi) is 24.7. The van der Waals surface area contributed by atoms with E-state index in [1.807, 2.05) is 0 Å². The summed E-state index contributed by atoms with van der Waals surface area (Å²) in [5.74, 6) is 0.375. The van der Waals surface area contributed by atoms with Gasteiger partial charge in [0.2, 0.25) is 0 Å². The maximum Gasteiger partial charge on any atom is 0.160 e. The molecule has 0 radical (unpaired) electrons. The van der Waals surface area contributed by atoms with Crippen LogP contribution in [0.1, 0.15) is 39.5 Å². The lowest BCUT2D eigenvalue weighted by atomic mass is 9.99. The molecule has 8 heteroatoms. The highest BCUT2D eigenvalue weighted by Gasteiger charge is 2.21. The van der Waals surface area contributed by atoms with Crippen molar-refractivity contribution >= 4 is 0 Å². The fourth-order valence-corrected chi connectivity index (χ4v) is 2.69. The van der Waals surface area contributed by atoms with Gasteiger partial charge in [-0.25, -0.2) is 0 Å². The Morgan fingerprint density at radius 1 is 0.533 bits per heavy atom. The fourth-order valence-electron chi connectivity index (χ4n) is 2.69. The van der Waals surface area contributed by atoms with Crippen LogP contribution in [0.15, 0.2) is 0 Å². The van der Waals surface area contributed by atoms with E-state index in [-0.39, 0.29) is 6.29 Å². The summed E-state index contributed by atoms with van der Waals surface area (Å²) in [7, 11) is 3.32. The Bertz CT molecular complexity index is 298. The fraction of sp³-hybridized carbons (Fsp3) is 1.00. The Labute approximate surface area is 183 Å². The molecule has 0 bridgehead atoms. The molecular formula is C22H46O8. The number of hydrogen-bond acceptors (Lipinski definition) is 8. The van der Waals surface area contributed by atoms with E-state index in [0.29, 0.717) is 85.2 Å². The standard InChI is InChI=1S/C22H46O8/c1-5-7-8-21(6-2)22(29-19-17-27-15-13-25-11-9-23-3)30-20-18-28-16-14-26-12-10-24-4/h21-22H,5-20H2,1-4H3. The predicted molar refractivity (Wildman–Crippen MR) is 116 cm³/mol. The quantitative estimate of drug-likeness (QED) is 0.159. The van der Waals surface area contributed by atoms with Crippen LogP contribution in [0.3, 0.4) is 0 Å². The second-order valence-corrected chi connectivity index (χ2v) is 6.86. The smallest absolute Gasteiger partial charge is 0.160 e. The molecule has 0 heterocycles. The van der Waals surface area contributed by atoms with Gasteiger partial charge in [0.25, 0.3) is 0 Å². The molecule has 0 aromatic carbocycles. The minimum absolute atomic E-state index is 0.232. The van der Waals surface area contributed by atoms with E-state index in [9.17, 15) is 0 Å². The number of unbranched alkanes of at least 4 members (excludes halogenated alkanes) is 1. The van der Waals surface area contributed by atoms with Gasteiger partial charge in [0.1, 0.15) is 0 Å². The number of rotatable bonds is 25. The summed E-state index contributed by atoms with van der Waals surface area (Å²) in [5.41, 5.74) is 0. The molecule has 1 atom stereocenters. The molecule has 1 unspecified atom stereocenters. The van der Waals surface area contributed by atoms with Crippen LogP contribution in [-0.4, -0.2) is 99.8 Å². The van der Waals surface area contributed by atoms with Gasteiger partial charge in [0.15, 0.2) is 6.29 Å². The lowest BCUT2D eigenvalue weighted by molar-refractivity contribution is -0.187. The third-order valence-corrected chi connectivity index (χ3v) is 4.46. The minimum atomic E-state index is -0.232. The van der Waals surface area contributed by atoms with Crippen molar-refractivity contribution in [3.63, 3.8) is 0 Å². The molecule has 0 fully saturated rings. The molecule has 30 heavy (non-hydrogen) atoms. The molecule has 0 rings (SSSR count). The molecule has 8 nitrogen and oxygen atoms in total. The summed E-state index contributed by atoms with van der Waals surface area (Å²) in [6.45, 7) is 11.0. The van der Waals surface area contributed by atoms with Crippen molar-refractivity contribution in [3.8, 4) is 0 Å². The van der Waals surface area contributed by atoms with E-state index < -0.39 is 0 Å². The zero-order valence-corrected chi connectivity index (χ0v) is 19.7. The number of hydrogen-bond donors (Lipinski definition) is 0. The van der Waals surface area contributed by atoms with Gasteiger partial charge in [0.05, 0.1) is 79.3 Å². The SMILES string of the molecule is CCCCC(CC)C(OCCOCCOCCOC)OCCOCCOCCOC. The third kappa shape index (κ3) is 19.6. The zero-order valence-electron chi connectivity index (χ0n) is 19.7. The van der Waals surface area contributed by atoms with Crippen molar-refractivity contribution < 1.29 is 37.9 Å². The molecule has 0 aromatic rings. The van der Waals surface area contributed by atoms with Gasteiger partial charge in [-0.1, -0.05) is 26.7 Å². The summed E-state index contributed by atoms with van der Waals surface area (Å²) < 4.78 is 43.7. The molecular weight excluding hydrogens is 392 g/mol. The summed E-state index contributed by atoms with van der Waals surface area (Å²) in [6.07, 6.45) is 4.23. The summed E-state index contributed by atoms with van der Waals surface area (Å²) in [4.78, 5) is 0. The Morgan fingerprint density at radius 3 is 1.30 bits per heavy atom. The first-order chi connectivity index (χ1) is 14.8. The maximum atomic E-state index is 6.01. The largest absolute Gasteiger partial charge is 0.382 e. The molecule has 0 aliphatic heterocycles. The average Bonchev–Trinajstić information content (AvgIpc) is 2.76. The van der Waals surface area contributed by atoms with E-state index in [2.05, 4.69) is 13.8 Å². The normalized spacial score (nSPS) is 12.7. The molecule has 0 spiro atoms. The molecule has 0 aliphatic carbocycles. The van der Waals surface area contributed by atoms with Crippen molar-refractivity contribution in [2.24, 2.45) is 5.92 Å². The Morgan fingerprint density at radius 2 is 0.933 bits per heavy atom. The van der Waals surface area contributed by atoms with E-state index >= 15 is 0 Å². The Hall–Kier alpha value is -0.320. The van der Waals surface area contributed by atoms with E-state index in [1.165, 1.54) is 12.8 Å². The first-order valence-corrected chi connectivity index (χ1v) is 11.3. The molecule has 0 amide bonds. The molecule has 0 aliphatic rings. The molecule has 0 aromatic heterocycles. The molecule has 182 valence electrons. The van der Waals surface area contributed by atoms with Crippen LogP contribution in [0.5, 0.6) is 0 Å². The van der Waals surface area contributed by atoms with E-state index in [4.69, 9.17) is 37.9 Å². The molecule has 0 saturated carbocycles. The predicted octanol–water partition coefficient (Wildman–Crippen LogP) is 2.92. The van der Waals surface area contributed by atoms with Crippen molar-refractivity contribution in [2.45, 2.75) is 45.8 Å². The van der Waals surface area contributed by atoms with Crippen LogP contribution in [0.2, 0.25) is 0 Å². The number of methoxy groups -OCH3 is 2. The highest BCUT2D eigenvalue weighted by molar-refractivity contribution is 4.62. The summed E-state index contributed by atoms with van der Waals surface area (Å²) in [6, 6.07) is 0. The topological polar surface area (TPSA) is 73.8 Å². The summed E-state index contributed by atoms with van der Waals surface area (Å²) >= 11 is 0. The van der Waals surface area contributed by atoms with Gasteiger partial charge in [-0.2, -0.15) is 0 Å². The highest BCUT2D eigenvalue weighted by atomic mass is 16.7. The van der Waals surface area contributed by atoms with Crippen molar-refractivity contribution in [3.05, 3.63) is 0 Å². The highest BCUT2D eigenvalue weighted by Crippen LogP contribution is 2.20. The minimum Gasteiger partial charge on any atom is -0.382 e. The average molecular weight is 439 g/mol. The van der Waals surface area contributed by atoms with Crippen LogP contribution < -0.4 is 0 Å². The molecule has 0 N–H and O–H groups in total. The van der Waals surface area contributed by atoms with E-state index in [1.54, 1.807) is 14.2 Å². The molecule has 0 saturated heterocycles. The maximum absolute atomic E-state index is 6.01. The second kappa shape index (κ2) is 24.9. The third-order valence-electron chi connectivity index (χ3n) is 4.46. The van der Waals surface area contributed by atoms with Crippen molar-refractivity contribution in [2.75, 3.05) is 93.5 Å². The number of ether oxygens (including phenoxy) is 8. The first kappa shape index (κ1) is 29.7. The van der Waals surface area contributed by atoms with Crippen LogP contribution in [0, 0.1) is 5.92 Å². The lowest BCUT2D eigenvalue weighted by Gasteiger charge is -2.26. The Balaban J connectivity index is 3.97. The van der Waals surface area contributed by atoms with Crippen LogP contribution in [0.25, 0.3) is 0 Å². The monoisotopic (exact) mass is 438 g/mol. The second-order valence-electron chi connectivity index (χ2n) is 6.86. The van der Waals surface area contributed by atoms with Gasteiger partial charge in [-0.3, -0.25) is 0 Å². The lowest BCUT2D eigenvalue weighted by Crippen LogP contribution is -2.30. The first-order valence-electron chi connectivity index (χ1n) is 11.3. The van der Waals surface area contributed by atoms with Crippen LogP contribution >= 0.6 is 0 Å². The van der Waals surface area contributed by atoms with Gasteiger partial charge < -0.3 is 37.9 Å².